The van der Waals surface area contributed by atoms with Gasteiger partial charge in [-0.1, -0.05) is 31.5 Å². The molecule has 8 heteroatoms. The number of halogens is 1. The first-order valence-corrected chi connectivity index (χ1v) is 11.2. The fourth-order valence-electron chi connectivity index (χ4n) is 2.95. The van der Waals surface area contributed by atoms with Gasteiger partial charge in [0.15, 0.2) is 0 Å². The van der Waals surface area contributed by atoms with E-state index >= 15 is 0 Å². The number of hydrogen-bond donors (Lipinski definition) is 0. The van der Waals surface area contributed by atoms with Gasteiger partial charge in [0.05, 0.1) is 18.0 Å². The van der Waals surface area contributed by atoms with E-state index < -0.39 is 10.0 Å². The highest BCUT2D eigenvalue weighted by molar-refractivity contribution is 7.89. The summed E-state index contributed by atoms with van der Waals surface area (Å²) in [5.74, 6) is -0.000710. The predicted octanol–water partition coefficient (Wildman–Crippen LogP) is 3.54. The van der Waals surface area contributed by atoms with Gasteiger partial charge < -0.3 is 9.47 Å². The van der Waals surface area contributed by atoms with Crippen molar-refractivity contribution < 1.29 is 13.2 Å². The van der Waals surface area contributed by atoms with Gasteiger partial charge in [-0.25, -0.2) is 8.42 Å². The zero-order valence-corrected chi connectivity index (χ0v) is 18.7. The van der Waals surface area contributed by atoms with E-state index in [0.29, 0.717) is 18.1 Å². The van der Waals surface area contributed by atoms with E-state index in [1.165, 1.54) is 30.3 Å². The normalized spacial score (nSPS) is 11.8. The largest absolute Gasteiger partial charge is 0.353 e. The van der Waals surface area contributed by atoms with Crippen LogP contribution in [-0.4, -0.2) is 47.7 Å². The molecule has 0 bridgehead atoms. The number of sulfonamides is 1. The van der Waals surface area contributed by atoms with Crippen LogP contribution in [0.3, 0.4) is 0 Å². The second-order valence-electron chi connectivity index (χ2n) is 7.32. The third-order valence-corrected chi connectivity index (χ3v) is 6.52. The van der Waals surface area contributed by atoms with Crippen LogP contribution in [0.15, 0.2) is 60.1 Å². The summed E-state index contributed by atoms with van der Waals surface area (Å²) in [5.41, 5.74) is 0.981. The van der Waals surface area contributed by atoms with Crippen molar-refractivity contribution in [2.75, 3.05) is 19.6 Å². The highest BCUT2D eigenvalue weighted by atomic mass is 35.5. The molecule has 1 aromatic carbocycles. The molecule has 2 rings (SSSR count). The van der Waals surface area contributed by atoms with E-state index in [1.807, 2.05) is 43.8 Å². The molecule has 0 radical (unpaired) electrons. The van der Waals surface area contributed by atoms with Crippen LogP contribution in [0, 0.1) is 5.92 Å². The number of nitrogens with zero attached hydrogens (tertiary/aromatic N) is 3. The number of carbonyl (C=O) groups excluding carboxylic acids is 1. The zero-order valence-electron chi connectivity index (χ0n) is 17.1. The molecule has 0 N–H and O–H groups in total. The maximum atomic E-state index is 13.1. The quantitative estimate of drug-likeness (QED) is 0.534. The Kier molecular flexibility index (Phi) is 8.07. The number of benzene rings is 1. The Bertz CT molecular complexity index is 936. The summed E-state index contributed by atoms with van der Waals surface area (Å²) in [6.07, 6.45) is 3.40. The summed E-state index contributed by atoms with van der Waals surface area (Å²) >= 11 is 5.87. The van der Waals surface area contributed by atoms with E-state index in [4.69, 9.17) is 11.6 Å². The first-order chi connectivity index (χ1) is 13.6. The smallest absolute Gasteiger partial charge is 0.243 e. The second kappa shape index (κ2) is 10.1. The van der Waals surface area contributed by atoms with Gasteiger partial charge in [-0.2, -0.15) is 4.31 Å². The van der Waals surface area contributed by atoms with Crippen molar-refractivity contribution in [1.29, 1.82) is 0 Å². The summed E-state index contributed by atoms with van der Waals surface area (Å²) in [5, 5.41) is 0.445. The molecule has 0 aliphatic heterocycles. The number of aromatic nitrogens is 1. The average molecular weight is 438 g/mol. The highest BCUT2D eigenvalue weighted by Gasteiger charge is 2.28. The lowest BCUT2D eigenvalue weighted by Crippen LogP contribution is -2.44. The topological polar surface area (TPSA) is 62.6 Å². The number of rotatable bonds is 10. The van der Waals surface area contributed by atoms with Gasteiger partial charge in [0, 0.05) is 37.1 Å². The summed E-state index contributed by atoms with van der Waals surface area (Å²) in [4.78, 5) is 14.9. The first-order valence-electron chi connectivity index (χ1n) is 9.39. The van der Waals surface area contributed by atoms with Crippen molar-refractivity contribution in [1.82, 2.24) is 13.8 Å². The zero-order chi connectivity index (χ0) is 21.6. The van der Waals surface area contributed by atoms with E-state index in [2.05, 4.69) is 6.58 Å². The minimum Gasteiger partial charge on any atom is -0.353 e. The molecule has 0 aliphatic carbocycles. The highest BCUT2D eigenvalue weighted by Crippen LogP contribution is 2.19. The van der Waals surface area contributed by atoms with E-state index in [9.17, 15) is 13.2 Å². The minimum absolute atomic E-state index is 0.0381. The van der Waals surface area contributed by atoms with Crippen molar-refractivity contribution in [3.8, 4) is 0 Å². The fraction of sp³-hybridized carbons (Fsp3) is 0.381. The van der Waals surface area contributed by atoms with Gasteiger partial charge in [-0.05, 0) is 42.3 Å². The lowest BCUT2D eigenvalue weighted by molar-refractivity contribution is -0.132. The molecule has 6 nitrogen and oxygen atoms in total. The van der Waals surface area contributed by atoms with Gasteiger partial charge in [-0.3, -0.25) is 4.79 Å². The molecular formula is C21H28ClN3O3S. The average Bonchev–Trinajstić information content (AvgIpc) is 3.05. The molecule has 158 valence electrons. The minimum atomic E-state index is -3.86. The Morgan fingerprint density at radius 1 is 1.24 bits per heavy atom. The SMILES string of the molecule is C=CCN(CC(=O)N(Cc1cccn1C)CC(C)C)S(=O)(=O)c1ccc(Cl)cc1. The van der Waals surface area contributed by atoms with Crippen molar-refractivity contribution in [3.63, 3.8) is 0 Å². The molecular weight excluding hydrogens is 410 g/mol. The predicted molar refractivity (Wildman–Crippen MR) is 116 cm³/mol. The molecule has 2 aromatic rings. The van der Waals surface area contributed by atoms with Gasteiger partial charge in [0.1, 0.15) is 0 Å². The summed E-state index contributed by atoms with van der Waals surface area (Å²) in [6.45, 7) is 8.43. The maximum absolute atomic E-state index is 13.1. The summed E-state index contributed by atoms with van der Waals surface area (Å²) < 4.78 is 29.2. The van der Waals surface area contributed by atoms with Crippen LogP contribution >= 0.6 is 11.6 Å². The third kappa shape index (κ3) is 6.19. The van der Waals surface area contributed by atoms with Crippen LogP contribution in [0.5, 0.6) is 0 Å². The third-order valence-electron chi connectivity index (χ3n) is 4.44. The Balaban J connectivity index is 2.25. The molecule has 0 atom stereocenters. The lowest BCUT2D eigenvalue weighted by atomic mass is 10.2. The van der Waals surface area contributed by atoms with Crippen molar-refractivity contribution >= 4 is 27.5 Å². The summed E-state index contributed by atoms with van der Waals surface area (Å²) in [6, 6.07) is 9.78. The van der Waals surface area contributed by atoms with Crippen molar-refractivity contribution in [3.05, 3.63) is 66.0 Å². The van der Waals surface area contributed by atoms with Crippen LogP contribution in [0.4, 0.5) is 0 Å². The van der Waals surface area contributed by atoms with Crippen LogP contribution < -0.4 is 0 Å². The van der Waals surface area contributed by atoms with Crippen LogP contribution in [0.1, 0.15) is 19.5 Å². The molecule has 0 saturated carbocycles. The molecule has 0 unspecified atom stereocenters. The Hall–Kier alpha value is -2.09. The first kappa shape index (κ1) is 23.2. The molecule has 0 aliphatic rings. The molecule has 29 heavy (non-hydrogen) atoms. The van der Waals surface area contributed by atoms with Gasteiger partial charge >= 0.3 is 0 Å². The van der Waals surface area contributed by atoms with Crippen LogP contribution in [0.25, 0.3) is 0 Å². The Morgan fingerprint density at radius 2 is 1.90 bits per heavy atom. The molecule has 0 saturated heterocycles. The van der Waals surface area contributed by atoms with Gasteiger partial charge in [0.2, 0.25) is 15.9 Å². The van der Waals surface area contributed by atoms with E-state index in [1.54, 1.807) is 4.90 Å². The maximum Gasteiger partial charge on any atom is 0.243 e. The standard InChI is InChI=1S/C21H28ClN3O3S/c1-5-12-25(29(27,28)20-10-8-18(22)9-11-20)16-21(26)24(14-17(2)3)15-19-7-6-13-23(19)4/h5-11,13,17H,1,12,14-16H2,2-4H3. The molecule has 0 spiro atoms. The molecule has 1 amide bonds. The molecule has 1 aromatic heterocycles. The van der Waals surface area contributed by atoms with E-state index in [-0.39, 0.29) is 29.8 Å². The number of hydrogen-bond acceptors (Lipinski definition) is 3. The Labute approximate surface area is 178 Å². The fourth-order valence-corrected chi connectivity index (χ4v) is 4.44. The van der Waals surface area contributed by atoms with Gasteiger partial charge in [-0.15, -0.1) is 6.58 Å². The van der Waals surface area contributed by atoms with Gasteiger partial charge in [0.25, 0.3) is 0 Å². The monoisotopic (exact) mass is 437 g/mol. The molecule has 1 heterocycles. The summed E-state index contributed by atoms with van der Waals surface area (Å²) in [7, 11) is -1.94. The Morgan fingerprint density at radius 3 is 2.41 bits per heavy atom. The van der Waals surface area contributed by atoms with Crippen molar-refractivity contribution in [2.45, 2.75) is 25.3 Å². The van der Waals surface area contributed by atoms with Crippen molar-refractivity contribution in [2.24, 2.45) is 13.0 Å². The number of carbonyl (C=O) groups is 1. The molecule has 0 fully saturated rings. The van der Waals surface area contributed by atoms with Crippen LogP contribution in [-0.2, 0) is 28.4 Å². The van der Waals surface area contributed by atoms with Crippen LogP contribution in [0.2, 0.25) is 5.02 Å². The number of amides is 1. The lowest BCUT2D eigenvalue weighted by Gasteiger charge is -2.28. The second-order valence-corrected chi connectivity index (χ2v) is 9.69. The number of aryl methyl sites for hydroxylation is 1. The van der Waals surface area contributed by atoms with E-state index in [0.717, 1.165) is 10.00 Å².